The maximum absolute atomic E-state index is 12.0. The summed E-state index contributed by atoms with van der Waals surface area (Å²) < 4.78 is 7.65. The number of rotatable bonds is 5. The van der Waals surface area contributed by atoms with Crippen LogP contribution in [0.5, 0.6) is 0 Å². The zero-order valence-corrected chi connectivity index (χ0v) is 12.8. The molecule has 1 aliphatic rings. The highest BCUT2D eigenvalue weighted by molar-refractivity contribution is 7.99. The SMILES string of the molecule is C[C@@H]1C[C@@H](OC(=O)CCSc2ccccc2)c2nccn21. The number of fused-ring (bicyclic) bond motifs is 1. The van der Waals surface area contributed by atoms with Crippen LogP contribution in [0, 0.1) is 0 Å². The number of thioether (sulfide) groups is 1. The van der Waals surface area contributed by atoms with E-state index in [-0.39, 0.29) is 12.1 Å². The van der Waals surface area contributed by atoms with Gasteiger partial charge in [-0.15, -0.1) is 11.8 Å². The number of hydrogen-bond acceptors (Lipinski definition) is 4. The number of nitrogens with zero attached hydrogens (tertiary/aromatic N) is 2. The van der Waals surface area contributed by atoms with Gasteiger partial charge in [0.1, 0.15) is 5.82 Å². The van der Waals surface area contributed by atoms with E-state index in [9.17, 15) is 4.79 Å². The number of benzene rings is 1. The minimum atomic E-state index is -0.191. The van der Waals surface area contributed by atoms with Crippen molar-refractivity contribution < 1.29 is 9.53 Å². The molecule has 21 heavy (non-hydrogen) atoms. The van der Waals surface area contributed by atoms with Gasteiger partial charge in [-0.25, -0.2) is 4.98 Å². The zero-order valence-electron chi connectivity index (χ0n) is 11.9. The molecular weight excluding hydrogens is 284 g/mol. The molecular formula is C16H18N2O2S. The first-order valence-corrected chi connectivity index (χ1v) is 8.12. The molecule has 1 aromatic carbocycles. The Labute approximate surface area is 128 Å². The quantitative estimate of drug-likeness (QED) is 0.625. The second-order valence-corrected chi connectivity index (χ2v) is 6.34. The van der Waals surface area contributed by atoms with Crippen molar-refractivity contribution in [3.8, 4) is 0 Å². The Morgan fingerprint density at radius 1 is 1.43 bits per heavy atom. The highest BCUT2D eigenvalue weighted by Gasteiger charge is 2.31. The van der Waals surface area contributed by atoms with Crippen molar-refractivity contribution in [2.75, 3.05) is 5.75 Å². The number of hydrogen-bond donors (Lipinski definition) is 0. The highest BCUT2D eigenvalue weighted by Crippen LogP contribution is 2.35. The maximum Gasteiger partial charge on any atom is 0.307 e. The molecule has 0 fully saturated rings. The third-order valence-corrected chi connectivity index (χ3v) is 4.62. The molecule has 4 nitrogen and oxygen atoms in total. The predicted molar refractivity (Wildman–Crippen MR) is 82.2 cm³/mol. The lowest BCUT2D eigenvalue weighted by atomic mass is 10.2. The number of aromatic nitrogens is 2. The lowest BCUT2D eigenvalue weighted by Crippen LogP contribution is -2.10. The van der Waals surface area contributed by atoms with Crippen LogP contribution >= 0.6 is 11.8 Å². The van der Waals surface area contributed by atoms with Gasteiger partial charge in [0.25, 0.3) is 0 Å². The maximum atomic E-state index is 12.0. The van der Waals surface area contributed by atoms with E-state index < -0.39 is 0 Å². The van der Waals surface area contributed by atoms with Crippen LogP contribution in [0.3, 0.4) is 0 Å². The van der Waals surface area contributed by atoms with Gasteiger partial charge < -0.3 is 9.30 Å². The van der Waals surface area contributed by atoms with Crippen LogP contribution in [0.1, 0.15) is 37.7 Å². The molecule has 0 saturated carbocycles. The van der Waals surface area contributed by atoms with E-state index in [0.29, 0.717) is 12.5 Å². The molecule has 110 valence electrons. The fourth-order valence-corrected chi connectivity index (χ4v) is 3.42. The monoisotopic (exact) mass is 302 g/mol. The second kappa shape index (κ2) is 6.35. The molecule has 0 N–H and O–H groups in total. The number of carbonyl (C=O) groups excluding carboxylic acids is 1. The van der Waals surface area contributed by atoms with Crippen LogP contribution in [0.15, 0.2) is 47.6 Å². The Hall–Kier alpha value is -1.75. The second-order valence-electron chi connectivity index (χ2n) is 5.17. The topological polar surface area (TPSA) is 44.1 Å². The molecule has 0 radical (unpaired) electrons. The molecule has 1 aromatic heterocycles. The molecule has 0 bridgehead atoms. The third kappa shape index (κ3) is 3.29. The van der Waals surface area contributed by atoms with E-state index in [1.165, 1.54) is 4.90 Å². The summed E-state index contributed by atoms with van der Waals surface area (Å²) >= 11 is 1.67. The summed E-state index contributed by atoms with van der Waals surface area (Å²) in [6.45, 7) is 2.12. The molecule has 2 heterocycles. The van der Waals surface area contributed by atoms with Gasteiger partial charge in [-0.3, -0.25) is 4.79 Å². The van der Waals surface area contributed by atoms with Crippen molar-refractivity contribution in [1.82, 2.24) is 9.55 Å². The standard InChI is InChI=1S/C16H18N2O2S/c1-12-11-14(16-17-8-9-18(12)16)20-15(19)7-10-21-13-5-3-2-4-6-13/h2-6,8-9,12,14H,7,10-11H2,1H3/t12-,14-/m1/s1. The molecule has 3 rings (SSSR count). The Morgan fingerprint density at radius 3 is 3.05 bits per heavy atom. The van der Waals surface area contributed by atoms with E-state index in [1.807, 2.05) is 36.5 Å². The van der Waals surface area contributed by atoms with Crippen LogP contribution in [0.4, 0.5) is 0 Å². The van der Waals surface area contributed by atoms with Gasteiger partial charge in [0, 0.05) is 35.5 Å². The molecule has 1 aliphatic heterocycles. The van der Waals surface area contributed by atoms with Crippen molar-refractivity contribution in [3.63, 3.8) is 0 Å². The first-order valence-electron chi connectivity index (χ1n) is 7.14. The van der Waals surface area contributed by atoms with Gasteiger partial charge in [-0.1, -0.05) is 18.2 Å². The van der Waals surface area contributed by atoms with Crippen molar-refractivity contribution in [1.29, 1.82) is 0 Å². The summed E-state index contributed by atoms with van der Waals surface area (Å²) in [5, 5.41) is 0. The van der Waals surface area contributed by atoms with E-state index in [0.717, 1.165) is 18.0 Å². The van der Waals surface area contributed by atoms with Gasteiger partial charge in [0.2, 0.25) is 0 Å². The zero-order chi connectivity index (χ0) is 14.7. The first kappa shape index (κ1) is 14.2. The summed E-state index contributed by atoms with van der Waals surface area (Å²) in [4.78, 5) is 17.4. The third-order valence-electron chi connectivity index (χ3n) is 3.61. The van der Waals surface area contributed by atoms with E-state index in [2.05, 4.69) is 16.5 Å². The molecule has 2 aromatic rings. The molecule has 2 atom stereocenters. The van der Waals surface area contributed by atoms with Crippen LogP contribution in [0.25, 0.3) is 0 Å². The molecule has 0 unspecified atom stereocenters. The first-order chi connectivity index (χ1) is 10.2. The average Bonchev–Trinajstić information content (AvgIpc) is 3.06. The minimum absolute atomic E-state index is 0.146. The van der Waals surface area contributed by atoms with Crippen LogP contribution in [-0.2, 0) is 9.53 Å². The number of ether oxygens (including phenoxy) is 1. The van der Waals surface area contributed by atoms with Crippen molar-refractivity contribution in [2.45, 2.75) is 36.8 Å². The lowest BCUT2D eigenvalue weighted by Gasteiger charge is -2.11. The lowest BCUT2D eigenvalue weighted by molar-refractivity contribution is -0.149. The van der Waals surface area contributed by atoms with Crippen molar-refractivity contribution >= 4 is 17.7 Å². The Bertz CT molecular complexity index is 612. The minimum Gasteiger partial charge on any atom is -0.454 e. The summed E-state index contributed by atoms with van der Waals surface area (Å²) in [5.74, 6) is 1.46. The summed E-state index contributed by atoms with van der Waals surface area (Å²) in [6.07, 6.45) is 4.76. The van der Waals surface area contributed by atoms with Crippen LogP contribution < -0.4 is 0 Å². The van der Waals surface area contributed by atoms with Crippen molar-refractivity contribution in [2.24, 2.45) is 0 Å². The molecule has 0 amide bonds. The molecule has 0 spiro atoms. The Kier molecular flexibility index (Phi) is 4.29. The molecule has 0 aliphatic carbocycles. The molecule has 5 heteroatoms. The van der Waals surface area contributed by atoms with Gasteiger partial charge >= 0.3 is 5.97 Å². The van der Waals surface area contributed by atoms with Crippen molar-refractivity contribution in [3.05, 3.63) is 48.5 Å². The largest absolute Gasteiger partial charge is 0.454 e. The van der Waals surface area contributed by atoms with E-state index in [4.69, 9.17) is 4.74 Å². The fraction of sp³-hybridized carbons (Fsp3) is 0.375. The fourth-order valence-electron chi connectivity index (χ4n) is 2.56. The van der Waals surface area contributed by atoms with Crippen LogP contribution in [0.2, 0.25) is 0 Å². The van der Waals surface area contributed by atoms with Crippen LogP contribution in [-0.4, -0.2) is 21.3 Å². The average molecular weight is 302 g/mol. The van der Waals surface area contributed by atoms with E-state index >= 15 is 0 Å². The summed E-state index contributed by atoms with van der Waals surface area (Å²) in [7, 11) is 0. The van der Waals surface area contributed by atoms with Gasteiger partial charge in [0.15, 0.2) is 6.10 Å². The summed E-state index contributed by atoms with van der Waals surface area (Å²) in [6, 6.07) is 10.4. The van der Waals surface area contributed by atoms with E-state index in [1.54, 1.807) is 18.0 Å². The van der Waals surface area contributed by atoms with Gasteiger partial charge in [-0.2, -0.15) is 0 Å². The highest BCUT2D eigenvalue weighted by atomic mass is 32.2. The normalized spacial score (nSPS) is 20.2. The molecule has 0 saturated heterocycles. The Balaban J connectivity index is 1.47. The van der Waals surface area contributed by atoms with Gasteiger partial charge in [0.05, 0.1) is 6.42 Å². The Morgan fingerprint density at radius 2 is 2.24 bits per heavy atom. The number of imidazole rings is 1. The number of carbonyl (C=O) groups is 1. The predicted octanol–water partition coefficient (Wildman–Crippen LogP) is 3.61. The summed E-state index contributed by atoms with van der Waals surface area (Å²) in [5.41, 5.74) is 0. The number of esters is 1. The smallest absolute Gasteiger partial charge is 0.307 e. The van der Waals surface area contributed by atoms with Gasteiger partial charge in [-0.05, 0) is 19.1 Å².